The summed E-state index contributed by atoms with van der Waals surface area (Å²) in [7, 11) is 1.90. The third-order valence-electron chi connectivity index (χ3n) is 4.09. The average molecular weight is 309 g/mol. The molecule has 120 valence electrons. The molecule has 1 fully saturated rings. The van der Waals surface area contributed by atoms with Crippen molar-refractivity contribution in [3.8, 4) is 0 Å². The van der Waals surface area contributed by atoms with Crippen molar-refractivity contribution >= 4 is 11.6 Å². The third kappa shape index (κ3) is 3.79. The smallest absolute Gasteiger partial charge is 0.282 e. The zero-order chi connectivity index (χ0) is 16.1. The van der Waals surface area contributed by atoms with Crippen LogP contribution in [0.15, 0.2) is 18.2 Å². The topological polar surface area (TPSA) is 75.5 Å². The van der Waals surface area contributed by atoms with Gasteiger partial charge in [0.2, 0.25) is 0 Å². The second-order valence-electron chi connectivity index (χ2n) is 5.55. The van der Waals surface area contributed by atoms with E-state index in [4.69, 9.17) is 0 Å². The van der Waals surface area contributed by atoms with E-state index in [0.717, 1.165) is 44.0 Å². The second kappa shape index (κ2) is 7.31. The number of nitrogens with zero attached hydrogens (tertiary/aromatic N) is 2. The lowest BCUT2D eigenvalue weighted by Gasteiger charge is -2.32. The van der Waals surface area contributed by atoms with Crippen molar-refractivity contribution in [2.75, 3.05) is 26.7 Å². The van der Waals surface area contributed by atoms with Gasteiger partial charge in [-0.2, -0.15) is 0 Å². The predicted octanol–water partition coefficient (Wildman–Crippen LogP) is 2.20. The first-order valence-corrected chi connectivity index (χ1v) is 7.40. The molecule has 7 heteroatoms. The van der Waals surface area contributed by atoms with Crippen LogP contribution in [-0.2, 0) is 0 Å². The van der Waals surface area contributed by atoms with Gasteiger partial charge in [0.15, 0.2) is 0 Å². The molecule has 1 aromatic carbocycles. The van der Waals surface area contributed by atoms with Crippen molar-refractivity contribution in [1.82, 2.24) is 10.2 Å². The summed E-state index contributed by atoms with van der Waals surface area (Å²) in [4.78, 5) is 24.4. The van der Waals surface area contributed by atoms with Gasteiger partial charge in [-0.1, -0.05) is 0 Å². The van der Waals surface area contributed by atoms with Crippen LogP contribution in [0, 0.1) is 21.8 Å². The Morgan fingerprint density at radius 1 is 1.45 bits per heavy atom. The molecule has 2 rings (SSSR count). The van der Waals surface area contributed by atoms with Crippen molar-refractivity contribution in [3.63, 3.8) is 0 Å². The Morgan fingerprint density at radius 2 is 2.14 bits per heavy atom. The van der Waals surface area contributed by atoms with Crippen LogP contribution in [0.4, 0.5) is 10.1 Å². The summed E-state index contributed by atoms with van der Waals surface area (Å²) in [5, 5.41) is 14.1. The lowest BCUT2D eigenvalue weighted by molar-refractivity contribution is -0.385. The molecule has 1 N–H and O–H groups in total. The summed E-state index contributed by atoms with van der Waals surface area (Å²) in [6.45, 7) is 2.05. The van der Waals surface area contributed by atoms with E-state index in [9.17, 15) is 19.3 Å². The quantitative estimate of drug-likeness (QED) is 0.668. The van der Waals surface area contributed by atoms with Crippen LogP contribution in [0.3, 0.4) is 0 Å². The molecule has 0 saturated carbocycles. The fourth-order valence-electron chi connectivity index (χ4n) is 2.78. The van der Waals surface area contributed by atoms with E-state index in [1.165, 1.54) is 0 Å². The van der Waals surface area contributed by atoms with Gasteiger partial charge in [0.05, 0.1) is 4.92 Å². The van der Waals surface area contributed by atoms with Gasteiger partial charge in [-0.05, 0) is 50.9 Å². The SMILES string of the molecule is CNCCC1CCN(C(=O)c2cc(F)ccc2[N+](=O)[O-])CC1. The van der Waals surface area contributed by atoms with Gasteiger partial charge in [-0.15, -0.1) is 0 Å². The van der Waals surface area contributed by atoms with Gasteiger partial charge in [0, 0.05) is 19.2 Å². The summed E-state index contributed by atoms with van der Waals surface area (Å²) < 4.78 is 13.3. The minimum absolute atomic E-state index is 0.168. The first-order chi connectivity index (χ1) is 10.5. The highest BCUT2D eigenvalue weighted by atomic mass is 19.1. The third-order valence-corrected chi connectivity index (χ3v) is 4.09. The Kier molecular flexibility index (Phi) is 5.43. The number of hydrogen-bond acceptors (Lipinski definition) is 4. The molecule has 1 amide bonds. The highest BCUT2D eigenvalue weighted by Gasteiger charge is 2.28. The molecule has 0 spiro atoms. The van der Waals surface area contributed by atoms with E-state index < -0.39 is 16.6 Å². The largest absolute Gasteiger partial charge is 0.338 e. The molecule has 1 aliphatic rings. The van der Waals surface area contributed by atoms with Gasteiger partial charge in [0.1, 0.15) is 11.4 Å². The van der Waals surface area contributed by atoms with E-state index in [2.05, 4.69) is 5.32 Å². The molecule has 1 aliphatic heterocycles. The van der Waals surface area contributed by atoms with Crippen LogP contribution in [0.5, 0.6) is 0 Å². The van der Waals surface area contributed by atoms with Crippen LogP contribution < -0.4 is 5.32 Å². The number of nitro benzene ring substituents is 1. The van der Waals surface area contributed by atoms with Gasteiger partial charge < -0.3 is 10.2 Å². The van der Waals surface area contributed by atoms with Crippen molar-refractivity contribution in [1.29, 1.82) is 0 Å². The molecule has 22 heavy (non-hydrogen) atoms. The first-order valence-electron chi connectivity index (χ1n) is 7.40. The molecule has 1 heterocycles. The van der Waals surface area contributed by atoms with Crippen LogP contribution in [0.1, 0.15) is 29.6 Å². The van der Waals surface area contributed by atoms with Crippen LogP contribution in [0.25, 0.3) is 0 Å². The standard InChI is InChI=1S/C15H20FN3O3/c1-17-7-4-11-5-8-18(9-6-11)15(20)13-10-12(16)2-3-14(13)19(21)22/h2-3,10-11,17H,4-9H2,1H3. The van der Waals surface area contributed by atoms with E-state index in [-0.39, 0.29) is 11.3 Å². The number of piperidine rings is 1. The molecule has 6 nitrogen and oxygen atoms in total. The molecule has 0 atom stereocenters. The predicted molar refractivity (Wildman–Crippen MR) is 80.2 cm³/mol. The highest BCUT2D eigenvalue weighted by molar-refractivity contribution is 5.98. The number of rotatable bonds is 5. The van der Waals surface area contributed by atoms with Crippen molar-refractivity contribution in [2.24, 2.45) is 5.92 Å². The molecule has 1 saturated heterocycles. The maximum absolute atomic E-state index is 13.3. The maximum atomic E-state index is 13.3. The highest BCUT2D eigenvalue weighted by Crippen LogP contribution is 2.25. The van der Waals surface area contributed by atoms with Crippen LogP contribution >= 0.6 is 0 Å². The van der Waals surface area contributed by atoms with Crippen LogP contribution in [-0.4, -0.2) is 42.4 Å². The minimum Gasteiger partial charge on any atom is -0.338 e. The summed E-state index contributed by atoms with van der Waals surface area (Å²) in [5.74, 6) is -0.546. The first kappa shape index (κ1) is 16.4. The molecule has 1 aromatic rings. The summed E-state index contributed by atoms with van der Waals surface area (Å²) in [6, 6.07) is 2.99. The number of carbonyl (C=O) groups is 1. The Balaban J connectivity index is 2.07. The Bertz CT molecular complexity index is 557. The normalized spacial score (nSPS) is 15.8. The van der Waals surface area contributed by atoms with Crippen molar-refractivity contribution < 1.29 is 14.1 Å². The number of amides is 1. The molecule has 0 unspecified atom stereocenters. The Hall–Kier alpha value is -2.02. The average Bonchev–Trinajstić information content (AvgIpc) is 2.52. The molecule has 0 bridgehead atoms. The zero-order valence-electron chi connectivity index (χ0n) is 12.5. The molecule has 0 aromatic heterocycles. The molecule has 0 radical (unpaired) electrons. The fourth-order valence-corrected chi connectivity index (χ4v) is 2.78. The lowest BCUT2D eigenvalue weighted by Crippen LogP contribution is -2.39. The summed E-state index contributed by atoms with van der Waals surface area (Å²) in [5.41, 5.74) is -0.512. The Morgan fingerprint density at radius 3 is 2.73 bits per heavy atom. The van der Waals surface area contributed by atoms with Gasteiger partial charge in [-0.3, -0.25) is 14.9 Å². The van der Waals surface area contributed by atoms with Gasteiger partial charge >= 0.3 is 0 Å². The molecule has 0 aliphatic carbocycles. The van der Waals surface area contributed by atoms with Gasteiger partial charge in [0.25, 0.3) is 11.6 Å². The maximum Gasteiger partial charge on any atom is 0.282 e. The number of benzene rings is 1. The number of nitrogens with one attached hydrogen (secondary N) is 1. The number of halogens is 1. The number of hydrogen-bond donors (Lipinski definition) is 1. The lowest BCUT2D eigenvalue weighted by atomic mass is 9.93. The fraction of sp³-hybridized carbons (Fsp3) is 0.533. The van der Waals surface area contributed by atoms with Crippen molar-refractivity contribution in [3.05, 3.63) is 39.7 Å². The van der Waals surface area contributed by atoms with Crippen molar-refractivity contribution in [2.45, 2.75) is 19.3 Å². The van der Waals surface area contributed by atoms with E-state index in [1.807, 2.05) is 7.05 Å². The molecular formula is C15H20FN3O3. The summed E-state index contributed by atoms with van der Waals surface area (Å²) in [6.07, 6.45) is 2.80. The number of likely N-dealkylation sites (tertiary alicyclic amines) is 1. The second-order valence-corrected chi connectivity index (χ2v) is 5.55. The van der Waals surface area contributed by atoms with Crippen LogP contribution in [0.2, 0.25) is 0 Å². The zero-order valence-corrected chi connectivity index (χ0v) is 12.5. The van der Waals surface area contributed by atoms with E-state index in [1.54, 1.807) is 4.90 Å². The Labute approximate surface area is 128 Å². The van der Waals surface area contributed by atoms with E-state index in [0.29, 0.717) is 19.0 Å². The molecular weight excluding hydrogens is 289 g/mol. The van der Waals surface area contributed by atoms with E-state index >= 15 is 0 Å². The van der Waals surface area contributed by atoms with Gasteiger partial charge in [-0.25, -0.2) is 4.39 Å². The monoisotopic (exact) mass is 309 g/mol. The number of nitro groups is 1. The minimum atomic E-state index is -0.646. The number of carbonyl (C=O) groups excluding carboxylic acids is 1. The summed E-state index contributed by atoms with van der Waals surface area (Å²) >= 11 is 0.